The quantitative estimate of drug-likeness (QED) is 0.441. The molecule has 0 fully saturated rings. The number of nitrogens with one attached hydrogen (secondary N) is 1. The Balaban J connectivity index is 1.36. The molecule has 4 rings (SSSR count). The maximum absolute atomic E-state index is 12.4. The third kappa shape index (κ3) is 5.60. The Morgan fingerprint density at radius 2 is 1.97 bits per heavy atom. The number of nitrogens with two attached hydrogens (primary N) is 1. The molecule has 0 aliphatic carbocycles. The molecule has 3 aromatic rings. The second-order valence-electron chi connectivity index (χ2n) is 7.61. The number of aromatic nitrogens is 2. The van der Waals surface area contributed by atoms with Gasteiger partial charge in [0, 0.05) is 13.1 Å². The zero-order valence-corrected chi connectivity index (χ0v) is 19.9. The summed E-state index contributed by atoms with van der Waals surface area (Å²) in [6.07, 6.45) is 1.55. The molecule has 0 saturated carbocycles. The average Bonchev–Trinajstić information content (AvgIpc) is 3.14. The molecule has 2 aromatic carbocycles. The first kappa shape index (κ1) is 23.4. The van der Waals surface area contributed by atoms with E-state index in [2.05, 4.69) is 10.3 Å². The van der Waals surface area contributed by atoms with Crippen LogP contribution in [0.2, 0.25) is 0 Å². The van der Waals surface area contributed by atoms with Gasteiger partial charge in [0.05, 0.1) is 21.7 Å². The van der Waals surface area contributed by atoms with Gasteiger partial charge in [0.2, 0.25) is 15.9 Å². The zero-order chi connectivity index (χ0) is 23.4. The fraction of sp³-hybridized carbons (Fsp3) is 0.364. The molecule has 176 valence electrons. The van der Waals surface area contributed by atoms with E-state index < -0.39 is 10.0 Å². The average molecular weight is 491 g/mol. The van der Waals surface area contributed by atoms with E-state index in [0.29, 0.717) is 43.4 Å². The smallest absolute Gasteiger partial charge is 0.238 e. The predicted molar refractivity (Wildman–Crippen MR) is 126 cm³/mol. The lowest BCUT2D eigenvalue weighted by Gasteiger charge is -2.18. The topological polar surface area (TPSA) is 126 Å². The van der Waals surface area contributed by atoms with Crippen LogP contribution in [0.1, 0.15) is 18.9 Å². The molecular weight excluding hydrogens is 464 g/mol. The molecule has 0 atom stereocenters. The Morgan fingerprint density at radius 1 is 1.18 bits per heavy atom. The van der Waals surface area contributed by atoms with Gasteiger partial charge < -0.3 is 19.4 Å². The summed E-state index contributed by atoms with van der Waals surface area (Å²) in [6, 6.07) is 10.4. The summed E-state index contributed by atoms with van der Waals surface area (Å²) >= 11 is 1.32. The van der Waals surface area contributed by atoms with Crippen molar-refractivity contribution in [3.8, 4) is 11.5 Å². The second-order valence-corrected chi connectivity index (χ2v) is 10.1. The van der Waals surface area contributed by atoms with Crippen LogP contribution in [0.15, 0.2) is 46.5 Å². The Bertz CT molecular complexity index is 1270. The number of primary sulfonamides is 1. The molecule has 2 heterocycles. The van der Waals surface area contributed by atoms with Crippen LogP contribution in [0, 0.1) is 0 Å². The molecule has 33 heavy (non-hydrogen) atoms. The normalized spacial score (nSPS) is 13.3. The van der Waals surface area contributed by atoms with E-state index in [1.807, 2.05) is 29.7 Å². The Hall–Kier alpha value is -2.76. The lowest BCUT2D eigenvalue weighted by atomic mass is 10.1. The number of fused-ring (bicyclic) bond motifs is 2. The van der Waals surface area contributed by atoms with E-state index in [1.165, 1.54) is 23.9 Å². The van der Waals surface area contributed by atoms with Crippen molar-refractivity contribution in [3.05, 3.63) is 42.0 Å². The first-order valence-corrected chi connectivity index (χ1v) is 13.2. The maximum Gasteiger partial charge on any atom is 0.238 e. The minimum Gasteiger partial charge on any atom is -0.486 e. The summed E-state index contributed by atoms with van der Waals surface area (Å²) in [5, 5.41) is 8.84. The van der Waals surface area contributed by atoms with E-state index in [4.69, 9.17) is 14.6 Å². The van der Waals surface area contributed by atoms with Crippen LogP contribution in [-0.2, 0) is 27.8 Å². The van der Waals surface area contributed by atoms with Crippen LogP contribution in [-0.4, -0.2) is 49.4 Å². The summed E-state index contributed by atoms with van der Waals surface area (Å²) in [5.74, 6) is 1.59. The number of carbonyl (C=O) groups excluding carboxylic acids is 1. The summed E-state index contributed by atoms with van der Waals surface area (Å²) in [4.78, 5) is 17.0. The number of rotatable bonds is 9. The lowest BCUT2D eigenvalue weighted by molar-refractivity contribution is -0.118. The standard InChI is InChI=1S/C22H26N4O5S2/c1-2-9-26-18-5-4-16(33(23,28)29)13-17(18)25-22(26)32-14-21(27)24-8-7-15-3-6-19-20(12-15)31-11-10-30-19/h3-6,12-13H,2,7-11,14H2,1H3,(H,24,27)(H2,23,28,29). The van der Waals surface area contributed by atoms with Crippen LogP contribution in [0.5, 0.6) is 11.5 Å². The second kappa shape index (κ2) is 10.0. The third-order valence-electron chi connectivity index (χ3n) is 5.14. The third-order valence-corrected chi connectivity index (χ3v) is 7.02. The zero-order valence-electron chi connectivity index (χ0n) is 18.2. The minimum absolute atomic E-state index is 0.0181. The Labute approximate surface area is 196 Å². The van der Waals surface area contributed by atoms with Gasteiger partial charge in [-0.05, 0) is 48.7 Å². The summed E-state index contributed by atoms with van der Waals surface area (Å²) in [7, 11) is -3.81. The number of thioether (sulfide) groups is 1. The number of benzene rings is 2. The summed E-state index contributed by atoms with van der Waals surface area (Å²) < 4.78 is 36.4. The number of ether oxygens (including phenoxy) is 2. The number of nitrogens with zero attached hydrogens (tertiary/aromatic N) is 2. The number of carbonyl (C=O) groups is 1. The van der Waals surface area contributed by atoms with Crippen LogP contribution in [0.4, 0.5) is 0 Å². The summed E-state index contributed by atoms with van der Waals surface area (Å²) in [5.41, 5.74) is 2.41. The molecule has 11 heteroatoms. The van der Waals surface area contributed by atoms with Crippen LogP contribution in [0.25, 0.3) is 11.0 Å². The number of hydrogen-bond donors (Lipinski definition) is 2. The van der Waals surface area contributed by atoms with Gasteiger partial charge in [-0.3, -0.25) is 4.79 Å². The van der Waals surface area contributed by atoms with Crippen molar-refractivity contribution >= 4 is 38.7 Å². The van der Waals surface area contributed by atoms with E-state index in [1.54, 1.807) is 6.07 Å². The number of hydrogen-bond acceptors (Lipinski definition) is 7. The number of imidazole rings is 1. The van der Waals surface area contributed by atoms with Crippen LogP contribution in [0.3, 0.4) is 0 Å². The monoisotopic (exact) mass is 490 g/mol. The van der Waals surface area contributed by atoms with Crippen molar-refractivity contribution in [2.24, 2.45) is 5.14 Å². The molecule has 1 aliphatic rings. The minimum atomic E-state index is -3.81. The molecule has 3 N–H and O–H groups in total. The summed E-state index contributed by atoms with van der Waals surface area (Å²) in [6.45, 7) is 4.35. The lowest BCUT2D eigenvalue weighted by Crippen LogP contribution is -2.27. The van der Waals surface area contributed by atoms with Gasteiger partial charge in [0.1, 0.15) is 13.2 Å². The van der Waals surface area contributed by atoms with Gasteiger partial charge in [-0.15, -0.1) is 0 Å². The molecule has 0 unspecified atom stereocenters. The Morgan fingerprint density at radius 3 is 2.73 bits per heavy atom. The molecule has 1 aliphatic heterocycles. The van der Waals surface area contributed by atoms with Gasteiger partial charge in [0.25, 0.3) is 0 Å². The van der Waals surface area contributed by atoms with E-state index in [9.17, 15) is 13.2 Å². The highest BCUT2D eigenvalue weighted by Gasteiger charge is 2.16. The molecule has 1 amide bonds. The van der Waals surface area contributed by atoms with Gasteiger partial charge in [0.15, 0.2) is 16.7 Å². The molecule has 0 saturated heterocycles. The van der Waals surface area contributed by atoms with Crippen molar-refractivity contribution < 1.29 is 22.7 Å². The fourth-order valence-electron chi connectivity index (χ4n) is 3.59. The molecule has 9 nitrogen and oxygen atoms in total. The molecule has 0 radical (unpaired) electrons. The number of amides is 1. The molecule has 1 aromatic heterocycles. The van der Waals surface area contributed by atoms with Gasteiger partial charge in [-0.1, -0.05) is 24.8 Å². The highest BCUT2D eigenvalue weighted by Crippen LogP contribution is 2.31. The molecular formula is C22H26N4O5S2. The van der Waals surface area contributed by atoms with Crippen molar-refractivity contribution in [3.63, 3.8) is 0 Å². The van der Waals surface area contributed by atoms with Crippen molar-refractivity contribution in [1.29, 1.82) is 0 Å². The molecule has 0 bridgehead atoms. The van der Waals surface area contributed by atoms with E-state index in [-0.39, 0.29) is 16.6 Å². The number of sulfonamides is 1. The highest BCUT2D eigenvalue weighted by molar-refractivity contribution is 7.99. The number of aryl methyl sites for hydroxylation is 1. The van der Waals surface area contributed by atoms with E-state index in [0.717, 1.165) is 29.0 Å². The predicted octanol–water partition coefficient (Wildman–Crippen LogP) is 2.32. The maximum atomic E-state index is 12.4. The van der Waals surface area contributed by atoms with Gasteiger partial charge >= 0.3 is 0 Å². The van der Waals surface area contributed by atoms with Crippen LogP contribution >= 0.6 is 11.8 Å². The van der Waals surface area contributed by atoms with Crippen molar-refractivity contribution in [2.75, 3.05) is 25.5 Å². The molecule has 0 spiro atoms. The fourth-order valence-corrected chi connectivity index (χ4v) is 4.99. The SMILES string of the molecule is CCCn1c(SCC(=O)NCCc2ccc3c(c2)OCCO3)nc2cc(S(N)(=O)=O)ccc21. The Kier molecular flexibility index (Phi) is 7.11. The first-order valence-electron chi connectivity index (χ1n) is 10.7. The van der Waals surface area contributed by atoms with E-state index >= 15 is 0 Å². The first-order chi connectivity index (χ1) is 15.8. The largest absolute Gasteiger partial charge is 0.486 e. The van der Waals surface area contributed by atoms with Gasteiger partial charge in [-0.25, -0.2) is 18.5 Å². The van der Waals surface area contributed by atoms with Crippen molar-refractivity contribution in [2.45, 2.75) is 36.4 Å². The van der Waals surface area contributed by atoms with Crippen molar-refractivity contribution in [1.82, 2.24) is 14.9 Å². The van der Waals surface area contributed by atoms with Crippen LogP contribution < -0.4 is 19.9 Å². The van der Waals surface area contributed by atoms with Gasteiger partial charge in [-0.2, -0.15) is 0 Å². The highest BCUT2D eigenvalue weighted by atomic mass is 32.2.